The summed E-state index contributed by atoms with van der Waals surface area (Å²) in [5, 5.41) is 0. The monoisotopic (exact) mass is 1180 g/mol. The second-order valence-electron chi connectivity index (χ2n) is 22.9. The van der Waals surface area contributed by atoms with E-state index in [-0.39, 0.29) is 94.6 Å². The van der Waals surface area contributed by atoms with E-state index in [2.05, 4.69) is 85.5 Å². The first-order chi connectivity index (χ1) is 39.5. The summed E-state index contributed by atoms with van der Waals surface area (Å²) in [5.74, 6) is 1.42. The van der Waals surface area contributed by atoms with Gasteiger partial charge >= 0.3 is 5.97 Å². The SMILES string of the molecule is C.C.C=C=C(CN(CC(=O)C=C)CC(=O)OCCCCCCCC)OCCCCCCCCCCCCCCC/C=C\C(=O)CC(CC(C)=O)CC(=O)C=C.C=CC(=O)CCC(C)CCC.CC.CC1CCN(C)C1.CCCCCCCCC. The average molecular weight is 1180 g/mol. The Balaban J connectivity index is -0.000000395. The highest BCUT2D eigenvalue weighted by molar-refractivity contribution is 5.93. The highest BCUT2D eigenvalue weighted by Crippen LogP contribution is 2.18. The molecule has 0 radical (unpaired) electrons. The van der Waals surface area contributed by atoms with Gasteiger partial charge in [-0.05, 0) is 101 Å². The van der Waals surface area contributed by atoms with Crippen LogP contribution in [0, 0.1) is 17.8 Å². The Labute approximate surface area is 521 Å². The van der Waals surface area contributed by atoms with E-state index in [1.165, 1.54) is 179 Å². The Morgan fingerprint density at radius 1 is 0.571 bits per heavy atom. The van der Waals surface area contributed by atoms with E-state index in [9.17, 15) is 28.8 Å². The van der Waals surface area contributed by atoms with Crippen molar-refractivity contribution in [1.82, 2.24) is 9.80 Å². The van der Waals surface area contributed by atoms with Gasteiger partial charge in [0, 0.05) is 32.2 Å². The maximum absolute atomic E-state index is 12.4. The van der Waals surface area contributed by atoms with E-state index in [0.717, 1.165) is 63.7 Å². The number of likely N-dealkylation sites (tertiary alicyclic amines) is 1. The highest BCUT2D eigenvalue weighted by atomic mass is 16.5. The molecule has 1 fully saturated rings. The first-order valence-corrected chi connectivity index (χ1v) is 33.3. The van der Waals surface area contributed by atoms with Crippen LogP contribution in [0.15, 0.2) is 68.2 Å². The van der Waals surface area contributed by atoms with Crippen molar-refractivity contribution in [2.75, 3.05) is 53.0 Å². The molecule has 0 saturated carbocycles. The van der Waals surface area contributed by atoms with Gasteiger partial charge in [0.25, 0.3) is 0 Å². The highest BCUT2D eigenvalue weighted by Gasteiger charge is 2.19. The van der Waals surface area contributed by atoms with Gasteiger partial charge in [0.15, 0.2) is 28.9 Å². The molecule has 0 aromatic rings. The maximum Gasteiger partial charge on any atom is 0.320 e. The zero-order chi connectivity index (χ0) is 62.3. The molecule has 1 aliphatic rings. The quantitative estimate of drug-likeness (QED) is 0.0191. The number of carbonyl (C=O) groups is 6. The number of carbonyl (C=O) groups excluding carboxylic acids is 6. The van der Waals surface area contributed by atoms with Gasteiger partial charge in [-0.15, -0.1) is 0 Å². The van der Waals surface area contributed by atoms with E-state index in [1.807, 2.05) is 19.9 Å². The standard InChI is InChI=1S/C45H73NO7.C10H18O.C9H20.C6H13N.C2H6.2CH4/c1-6-10-11-12-25-29-32-53-45(51)38-46(36-42(49)8-3)37-44(9-4)52-31-28-26-23-21-19-17-15-13-14-16-18-20-22-24-27-30-43(50)35-40(33-39(5)47)34-41(48)7-2;1-4-6-9(3)7-8-10(11)5-2;1-3-5-7-9-8-6-4-2;1-6-3-4-7(2)5-6;1-2;;/h7-8,27,30,40H,2-4,6,10-26,28-29,31-38H2,1,5H3;5,9H,2,4,6-8H2,1,3H3;3-9H2,1-2H3;6H,3-5H2,1-2H3;1-2H3;2*1H4/b30-27-;;;;;;. The van der Waals surface area contributed by atoms with Gasteiger partial charge in [0.1, 0.15) is 5.78 Å². The summed E-state index contributed by atoms with van der Waals surface area (Å²) in [6, 6.07) is 0. The number of ether oxygens (including phenoxy) is 2. The smallest absolute Gasteiger partial charge is 0.320 e. The van der Waals surface area contributed by atoms with Crippen molar-refractivity contribution in [3.05, 3.63) is 68.2 Å². The van der Waals surface area contributed by atoms with Crippen LogP contribution in [0.1, 0.15) is 302 Å². The van der Waals surface area contributed by atoms with Crippen molar-refractivity contribution in [1.29, 1.82) is 0 Å². The van der Waals surface area contributed by atoms with Crippen LogP contribution in [-0.4, -0.2) is 97.7 Å². The fourth-order valence-electron chi connectivity index (χ4n) is 9.48. The van der Waals surface area contributed by atoms with Crippen LogP contribution >= 0.6 is 0 Å². The van der Waals surface area contributed by atoms with E-state index < -0.39 is 0 Å². The van der Waals surface area contributed by atoms with Crippen LogP contribution in [0.25, 0.3) is 0 Å². The van der Waals surface area contributed by atoms with Crippen molar-refractivity contribution in [2.45, 2.75) is 302 Å². The molecule has 1 saturated heterocycles. The summed E-state index contributed by atoms with van der Waals surface area (Å²) < 4.78 is 11.3. The molecule has 0 N–H and O–H groups in total. The molecule has 3 unspecified atom stereocenters. The molecule has 0 spiro atoms. The Kier molecular flexibility index (Phi) is 77.6. The van der Waals surface area contributed by atoms with Gasteiger partial charge in [-0.25, -0.2) is 0 Å². The number of nitrogens with zero attached hydrogens (tertiary/aromatic N) is 2. The molecule has 1 rings (SSSR count). The van der Waals surface area contributed by atoms with Crippen LogP contribution in [0.3, 0.4) is 0 Å². The Bertz CT molecular complexity index is 1650. The Morgan fingerprint density at radius 2 is 1.01 bits per heavy atom. The molecule has 1 heterocycles. The number of rotatable bonds is 51. The van der Waals surface area contributed by atoms with Crippen molar-refractivity contribution < 1.29 is 38.2 Å². The Hall–Kier alpha value is -3.98. The largest absolute Gasteiger partial charge is 0.489 e. The lowest BCUT2D eigenvalue weighted by Gasteiger charge is -2.21. The molecule has 10 heteroatoms. The van der Waals surface area contributed by atoms with Gasteiger partial charge in [-0.3, -0.25) is 28.9 Å². The predicted octanol–water partition coefficient (Wildman–Crippen LogP) is 20.3. The molecule has 0 aromatic heterocycles. The third-order valence-corrected chi connectivity index (χ3v) is 14.4. The fraction of sp³-hybridized carbons (Fsp3) is 0.770. The number of allylic oxidation sites excluding steroid dienone is 4. The topological polar surface area (TPSA) is 127 Å². The van der Waals surface area contributed by atoms with E-state index in [4.69, 9.17) is 9.47 Å². The number of hydrogen-bond acceptors (Lipinski definition) is 10. The average Bonchev–Trinajstić information content (AvgIpc) is 3.89. The number of ketones is 5. The number of Topliss-reactive ketones (excluding diaryl/α,β-unsaturated/α-hetero) is 1. The van der Waals surface area contributed by atoms with E-state index >= 15 is 0 Å². The lowest BCUT2D eigenvalue weighted by atomic mass is 9.91. The second-order valence-corrected chi connectivity index (χ2v) is 22.9. The summed E-state index contributed by atoms with van der Waals surface area (Å²) in [5.41, 5.74) is 2.83. The minimum atomic E-state index is -0.346. The third kappa shape index (κ3) is 70.5. The Morgan fingerprint density at radius 3 is 1.40 bits per heavy atom. The normalized spacial score (nSPS) is 13.0. The number of unbranched alkanes of at least 4 members (excludes halogenated alkanes) is 24. The van der Waals surface area contributed by atoms with Crippen molar-refractivity contribution in [3.8, 4) is 0 Å². The predicted molar refractivity (Wildman–Crippen MR) is 365 cm³/mol. The van der Waals surface area contributed by atoms with Crippen molar-refractivity contribution >= 4 is 34.9 Å². The minimum absolute atomic E-state index is 0. The summed E-state index contributed by atoms with van der Waals surface area (Å²) in [7, 11) is 2.18. The van der Waals surface area contributed by atoms with Crippen LogP contribution in [-0.2, 0) is 38.2 Å². The van der Waals surface area contributed by atoms with Crippen molar-refractivity contribution in [2.24, 2.45) is 17.8 Å². The van der Waals surface area contributed by atoms with Gasteiger partial charge in [0.2, 0.25) is 0 Å². The molecule has 0 aromatic carbocycles. The summed E-state index contributed by atoms with van der Waals surface area (Å²) in [6.07, 6.45) is 46.7. The van der Waals surface area contributed by atoms with Gasteiger partial charge < -0.3 is 19.2 Å². The third-order valence-electron chi connectivity index (χ3n) is 14.4. The number of esters is 1. The van der Waals surface area contributed by atoms with Gasteiger partial charge in [0.05, 0.1) is 32.8 Å². The number of hydrogen-bond donors (Lipinski definition) is 0. The summed E-state index contributed by atoms with van der Waals surface area (Å²) in [6.45, 7) is 37.0. The van der Waals surface area contributed by atoms with Gasteiger partial charge in [-0.2, -0.15) is 0 Å². The zero-order valence-electron chi connectivity index (χ0n) is 55.3. The molecule has 0 amide bonds. The van der Waals surface area contributed by atoms with E-state index in [0.29, 0.717) is 31.3 Å². The van der Waals surface area contributed by atoms with Crippen LogP contribution in [0.4, 0.5) is 0 Å². The molecule has 84 heavy (non-hydrogen) atoms. The lowest BCUT2D eigenvalue weighted by Crippen LogP contribution is -2.36. The molecule has 10 nitrogen and oxygen atoms in total. The molecular weight excluding hydrogens is 1040 g/mol. The molecule has 0 bridgehead atoms. The van der Waals surface area contributed by atoms with Gasteiger partial charge in [-0.1, -0.05) is 269 Å². The van der Waals surface area contributed by atoms with Crippen LogP contribution < -0.4 is 0 Å². The first-order valence-electron chi connectivity index (χ1n) is 33.3. The molecule has 3 atom stereocenters. The van der Waals surface area contributed by atoms with E-state index in [1.54, 1.807) is 11.0 Å². The van der Waals surface area contributed by atoms with Crippen molar-refractivity contribution in [3.63, 3.8) is 0 Å². The zero-order valence-corrected chi connectivity index (χ0v) is 55.3. The molecular formula is C74H138N2O8. The molecule has 0 aliphatic carbocycles. The maximum atomic E-state index is 12.4. The second kappa shape index (κ2) is 71.5. The van der Waals surface area contributed by atoms with Crippen LogP contribution in [0.2, 0.25) is 0 Å². The summed E-state index contributed by atoms with van der Waals surface area (Å²) in [4.78, 5) is 74.7. The first kappa shape index (κ1) is 91.2. The fourth-order valence-corrected chi connectivity index (χ4v) is 9.48. The molecule has 1 aliphatic heterocycles. The van der Waals surface area contributed by atoms with Crippen LogP contribution in [0.5, 0.6) is 0 Å². The molecule has 492 valence electrons. The summed E-state index contributed by atoms with van der Waals surface area (Å²) >= 11 is 0. The minimum Gasteiger partial charge on any atom is -0.489 e. The lowest BCUT2D eigenvalue weighted by molar-refractivity contribution is -0.145.